The predicted octanol–water partition coefficient (Wildman–Crippen LogP) is 1.04. The summed E-state index contributed by atoms with van der Waals surface area (Å²) in [7, 11) is 0. The van der Waals surface area contributed by atoms with Crippen LogP contribution in [0.25, 0.3) is 0 Å². The van der Waals surface area contributed by atoms with Crippen LogP contribution in [-0.2, 0) is 0 Å². The molecule has 1 aromatic heterocycles. The number of aromatic amines is 1. The number of hydrogen-bond acceptors (Lipinski definition) is 4. The summed E-state index contributed by atoms with van der Waals surface area (Å²) in [5, 5.41) is 9.74. The molecule has 1 saturated heterocycles. The van der Waals surface area contributed by atoms with Crippen LogP contribution in [0.5, 0.6) is 5.75 Å². The number of nitrogens with one attached hydrogen (secondary N) is 1. The topological polar surface area (TPSA) is 76.6 Å². The zero-order valence-electron chi connectivity index (χ0n) is 12.0. The minimum Gasteiger partial charge on any atom is -0.507 e. The van der Waals surface area contributed by atoms with Crippen molar-refractivity contribution in [3.63, 3.8) is 0 Å². The number of pyridine rings is 1. The number of nitrogens with zero attached hydrogens (tertiary/aromatic N) is 2. The third-order valence-electron chi connectivity index (χ3n) is 3.82. The Balaban J connectivity index is 1.68. The Hall–Kier alpha value is -2.76. The molecular formula is C16H17N3O3. The van der Waals surface area contributed by atoms with Crippen LogP contribution in [0.1, 0.15) is 10.4 Å². The largest absolute Gasteiger partial charge is 0.507 e. The lowest BCUT2D eigenvalue weighted by molar-refractivity contribution is 0.0743. The maximum Gasteiger partial charge on any atom is 0.259 e. The van der Waals surface area contributed by atoms with Crippen molar-refractivity contribution in [2.45, 2.75) is 0 Å². The maximum absolute atomic E-state index is 12.4. The molecule has 22 heavy (non-hydrogen) atoms. The lowest BCUT2D eigenvalue weighted by Gasteiger charge is -2.36. The minimum absolute atomic E-state index is 0.132. The molecule has 0 saturated carbocycles. The number of H-pyrrole nitrogens is 1. The summed E-state index contributed by atoms with van der Waals surface area (Å²) in [6.45, 7) is 2.62. The summed E-state index contributed by atoms with van der Waals surface area (Å²) in [6, 6.07) is 11.1. The quantitative estimate of drug-likeness (QED) is 0.869. The van der Waals surface area contributed by atoms with Gasteiger partial charge in [0.25, 0.3) is 11.5 Å². The zero-order chi connectivity index (χ0) is 15.5. The number of rotatable bonds is 2. The second-order valence-corrected chi connectivity index (χ2v) is 5.21. The average molecular weight is 299 g/mol. The number of carbonyl (C=O) groups excluding carboxylic acids is 1. The van der Waals surface area contributed by atoms with Crippen LogP contribution in [0.2, 0.25) is 0 Å². The van der Waals surface area contributed by atoms with Crippen LogP contribution >= 0.6 is 0 Å². The fraction of sp³-hybridized carbons (Fsp3) is 0.250. The highest BCUT2D eigenvalue weighted by Crippen LogP contribution is 2.19. The predicted molar refractivity (Wildman–Crippen MR) is 83.3 cm³/mol. The number of anilines is 1. The second-order valence-electron chi connectivity index (χ2n) is 5.21. The number of para-hydroxylation sites is 1. The highest BCUT2D eigenvalue weighted by atomic mass is 16.3. The fourth-order valence-electron chi connectivity index (χ4n) is 2.61. The van der Waals surface area contributed by atoms with E-state index in [1.165, 1.54) is 6.20 Å². The first-order chi connectivity index (χ1) is 10.6. The second kappa shape index (κ2) is 5.93. The highest BCUT2D eigenvalue weighted by Gasteiger charge is 2.24. The molecule has 0 bridgehead atoms. The Bertz CT molecular complexity index is 719. The minimum atomic E-state index is -0.428. The third-order valence-corrected chi connectivity index (χ3v) is 3.82. The van der Waals surface area contributed by atoms with E-state index in [2.05, 4.69) is 9.88 Å². The normalized spacial score (nSPS) is 14.9. The van der Waals surface area contributed by atoms with E-state index in [1.807, 2.05) is 30.3 Å². The standard InChI is InChI=1S/C16H17N3O3/c20-14-10-15(21)17-11-13(14)16(22)19-8-6-18(7-9-19)12-4-2-1-3-5-12/h1-5,10-11H,6-9H2,(H2,17,20,21). The fourth-order valence-corrected chi connectivity index (χ4v) is 2.61. The van der Waals surface area contributed by atoms with Crippen molar-refractivity contribution in [2.75, 3.05) is 31.1 Å². The molecule has 0 aliphatic carbocycles. The number of piperazine rings is 1. The summed E-state index contributed by atoms with van der Waals surface area (Å²) >= 11 is 0. The van der Waals surface area contributed by atoms with Gasteiger partial charge in [0.15, 0.2) is 0 Å². The molecule has 0 spiro atoms. The maximum atomic E-state index is 12.4. The molecule has 0 radical (unpaired) electrons. The zero-order valence-corrected chi connectivity index (χ0v) is 12.0. The van der Waals surface area contributed by atoms with Crippen molar-refractivity contribution in [1.29, 1.82) is 0 Å². The van der Waals surface area contributed by atoms with Crippen LogP contribution in [0, 0.1) is 0 Å². The molecule has 2 heterocycles. The van der Waals surface area contributed by atoms with Gasteiger partial charge < -0.3 is 19.9 Å². The van der Waals surface area contributed by atoms with Gasteiger partial charge in [-0.2, -0.15) is 0 Å². The summed E-state index contributed by atoms with van der Waals surface area (Å²) in [5.41, 5.74) is 0.845. The van der Waals surface area contributed by atoms with Crippen molar-refractivity contribution in [3.05, 3.63) is 58.5 Å². The molecule has 1 aromatic carbocycles. The first kappa shape index (κ1) is 14.2. The van der Waals surface area contributed by atoms with E-state index in [1.54, 1.807) is 4.90 Å². The van der Waals surface area contributed by atoms with Gasteiger partial charge >= 0.3 is 0 Å². The van der Waals surface area contributed by atoms with Crippen molar-refractivity contribution in [3.8, 4) is 5.75 Å². The molecule has 3 rings (SSSR count). The number of carbonyl (C=O) groups is 1. The molecule has 2 N–H and O–H groups in total. The van der Waals surface area contributed by atoms with Crippen LogP contribution in [0.15, 0.2) is 47.4 Å². The summed E-state index contributed by atoms with van der Waals surface area (Å²) in [4.78, 5) is 29.8. The van der Waals surface area contributed by atoms with Crippen molar-refractivity contribution in [2.24, 2.45) is 0 Å². The molecule has 1 fully saturated rings. The molecule has 6 heteroatoms. The van der Waals surface area contributed by atoms with Gasteiger partial charge in [0.05, 0.1) is 5.56 Å². The third kappa shape index (κ3) is 2.81. The van der Waals surface area contributed by atoms with Crippen molar-refractivity contribution < 1.29 is 9.90 Å². The molecule has 0 unspecified atom stereocenters. The van der Waals surface area contributed by atoms with Gasteiger partial charge in [-0.15, -0.1) is 0 Å². The van der Waals surface area contributed by atoms with Gasteiger partial charge in [0, 0.05) is 44.1 Å². The number of hydrogen-bond donors (Lipinski definition) is 2. The van der Waals surface area contributed by atoms with Crippen molar-refractivity contribution >= 4 is 11.6 Å². The van der Waals surface area contributed by atoms with Gasteiger partial charge in [0.1, 0.15) is 5.75 Å². The molecule has 114 valence electrons. The van der Waals surface area contributed by atoms with Crippen LogP contribution in [0.3, 0.4) is 0 Å². The Morgan fingerprint density at radius 2 is 1.77 bits per heavy atom. The van der Waals surface area contributed by atoms with Gasteiger partial charge in [-0.3, -0.25) is 9.59 Å². The van der Waals surface area contributed by atoms with E-state index in [9.17, 15) is 14.7 Å². The molecule has 1 aliphatic rings. The van der Waals surface area contributed by atoms with E-state index < -0.39 is 5.56 Å². The van der Waals surface area contributed by atoms with E-state index >= 15 is 0 Å². The van der Waals surface area contributed by atoms with Gasteiger partial charge in [-0.05, 0) is 12.1 Å². The Kier molecular flexibility index (Phi) is 3.82. The van der Waals surface area contributed by atoms with E-state index in [-0.39, 0.29) is 17.2 Å². The average Bonchev–Trinajstić information content (AvgIpc) is 2.55. The molecule has 1 aliphatic heterocycles. The first-order valence-corrected chi connectivity index (χ1v) is 7.16. The van der Waals surface area contributed by atoms with Gasteiger partial charge in [0.2, 0.25) is 0 Å². The Morgan fingerprint density at radius 1 is 1.09 bits per heavy atom. The summed E-state index contributed by atoms with van der Waals surface area (Å²) in [6.07, 6.45) is 1.27. The van der Waals surface area contributed by atoms with Crippen molar-refractivity contribution in [1.82, 2.24) is 9.88 Å². The number of benzene rings is 1. The van der Waals surface area contributed by atoms with E-state index in [0.717, 1.165) is 24.8 Å². The number of aromatic nitrogens is 1. The lowest BCUT2D eigenvalue weighted by atomic mass is 10.2. The van der Waals surface area contributed by atoms with E-state index in [4.69, 9.17) is 0 Å². The van der Waals surface area contributed by atoms with Gasteiger partial charge in [-0.25, -0.2) is 0 Å². The highest BCUT2D eigenvalue weighted by molar-refractivity contribution is 5.96. The molecular weight excluding hydrogens is 282 g/mol. The van der Waals surface area contributed by atoms with Crippen LogP contribution in [0.4, 0.5) is 5.69 Å². The number of aromatic hydroxyl groups is 1. The van der Waals surface area contributed by atoms with Gasteiger partial charge in [-0.1, -0.05) is 18.2 Å². The SMILES string of the molecule is O=C(c1c[nH]c(=O)cc1O)N1CCN(c2ccccc2)CC1. The number of amides is 1. The monoisotopic (exact) mass is 299 g/mol. The lowest BCUT2D eigenvalue weighted by Crippen LogP contribution is -2.48. The molecule has 6 nitrogen and oxygen atoms in total. The smallest absolute Gasteiger partial charge is 0.259 e. The summed E-state index contributed by atoms with van der Waals surface area (Å²) in [5.74, 6) is -0.541. The van der Waals surface area contributed by atoms with Crippen LogP contribution < -0.4 is 10.5 Å². The Morgan fingerprint density at radius 3 is 2.41 bits per heavy atom. The summed E-state index contributed by atoms with van der Waals surface area (Å²) < 4.78 is 0. The molecule has 1 amide bonds. The first-order valence-electron chi connectivity index (χ1n) is 7.16. The Labute approximate surface area is 127 Å². The molecule has 2 aromatic rings. The molecule has 0 atom stereocenters. The van der Waals surface area contributed by atoms with E-state index in [0.29, 0.717) is 13.1 Å². The van der Waals surface area contributed by atoms with Crippen LogP contribution in [-0.4, -0.2) is 47.1 Å².